The summed E-state index contributed by atoms with van der Waals surface area (Å²) in [5, 5.41) is 6.19. The quantitative estimate of drug-likeness (QED) is 0.549. The molecule has 2 N–H and O–H groups in total. The molecule has 0 atom stereocenters. The molecule has 0 heterocycles. The fraction of sp³-hybridized carbons (Fsp3) is 0.167. The molecule has 3 aromatic rings. The summed E-state index contributed by atoms with van der Waals surface area (Å²) in [4.78, 5) is 25.2. The minimum absolute atomic E-state index is 0.268. The smallest absolute Gasteiger partial charge is 0.340 e. The van der Waals surface area contributed by atoms with E-state index >= 15 is 0 Å². The number of esters is 1. The van der Waals surface area contributed by atoms with Crippen LogP contribution in [0.4, 0.5) is 17.1 Å². The molecular weight excluding hydrogens is 364 g/mol. The second kappa shape index (κ2) is 9.06. The predicted molar refractivity (Wildman–Crippen MR) is 116 cm³/mol. The van der Waals surface area contributed by atoms with Crippen molar-refractivity contribution in [2.45, 2.75) is 20.8 Å². The highest BCUT2D eigenvalue weighted by Crippen LogP contribution is 2.26. The number of ether oxygens (including phenoxy) is 1. The number of hydrogen-bond acceptors (Lipinski definition) is 4. The zero-order chi connectivity index (χ0) is 20.8. The maximum atomic E-state index is 13.0. The van der Waals surface area contributed by atoms with Crippen LogP contribution in [0.3, 0.4) is 0 Å². The molecule has 0 bridgehead atoms. The fourth-order valence-corrected chi connectivity index (χ4v) is 2.99. The summed E-state index contributed by atoms with van der Waals surface area (Å²) in [5.74, 6) is -0.777. The highest BCUT2D eigenvalue weighted by Gasteiger charge is 2.17. The first kappa shape index (κ1) is 20.1. The molecule has 0 unspecified atom stereocenters. The molecule has 1 amide bonds. The Morgan fingerprint density at radius 3 is 2.14 bits per heavy atom. The van der Waals surface area contributed by atoms with Crippen molar-refractivity contribution < 1.29 is 14.3 Å². The van der Waals surface area contributed by atoms with Gasteiger partial charge in [-0.15, -0.1) is 0 Å². The van der Waals surface area contributed by atoms with Crippen molar-refractivity contribution in [1.29, 1.82) is 0 Å². The van der Waals surface area contributed by atoms with Gasteiger partial charge < -0.3 is 15.4 Å². The lowest BCUT2D eigenvalue weighted by atomic mass is 10.1. The molecule has 148 valence electrons. The molecule has 0 aromatic heterocycles. The third kappa shape index (κ3) is 4.63. The maximum Gasteiger partial charge on any atom is 0.340 e. The van der Waals surface area contributed by atoms with Crippen molar-refractivity contribution >= 4 is 28.9 Å². The van der Waals surface area contributed by atoms with Crippen LogP contribution in [0, 0.1) is 13.8 Å². The van der Waals surface area contributed by atoms with Crippen molar-refractivity contribution in [3.05, 3.63) is 89.0 Å². The van der Waals surface area contributed by atoms with Gasteiger partial charge in [0.05, 0.1) is 29.1 Å². The van der Waals surface area contributed by atoms with E-state index in [9.17, 15) is 9.59 Å². The van der Waals surface area contributed by atoms with Crippen molar-refractivity contribution in [1.82, 2.24) is 0 Å². The van der Waals surface area contributed by atoms with Gasteiger partial charge in [0.1, 0.15) is 0 Å². The van der Waals surface area contributed by atoms with Gasteiger partial charge in [-0.3, -0.25) is 4.79 Å². The minimum atomic E-state index is -0.467. The molecule has 0 aliphatic heterocycles. The van der Waals surface area contributed by atoms with E-state index in [0.717, 1.165) is 11.3 Å². The Bertz CT molecular complexity index is 1040. The van der Waals surface area contributed by atoms with Crippen LogP contribution in [0.5, 0.6) is 0 Å². The van der Waals surface area contributed by atoms with Crippen LogP contribution >= 0.6 is 0 Å². The molecule has 0 saturated carbocycles. The summed E-state index contributed by atoms with van der Waals surface area (Å²) in [6.07, 6.45) is 0. The molecule has 0 fully saturated rings. The number of carbonyl (C=O) groups is 2. The van der Waals surface area contributed by atoms with Crippen LogP contribution in [0.2, 0.25) is 0 Å². The first-order valence-electron chi connectivity index (χ1n) is 9.51. The van der Waals surface area contributed by atoms with Crippen LogP contribution < -0.4 is 10.6 Å². The van der Waals surface area contributed by atoms with E-state index in [-0.39, 0.29) is 12.5 Å². The Labute approximate surface area is 170 Å². The van der Waals surface area contributed by atoms with Gasteiger partial charge in [-0.2, -0.15) is 0 Å². The van der Waals surface area contributed by atoms with Gasteiger partial charge in [-0.05, 0) is 62.2 Å². The van der Waals surface area contributed by atoms with Crippen molar-refractivity contribution in [3.63, 3.8) is 0 Å². The molecule has 0 aliphatic rings. The summed E-state index contributed by atoms with van der Waals surface area (Å²) in [5.41, 5.74) is 5.13. The fourth-order valence-electron chi connectivity index (χ4n) is 2.99. The standard InChI is InChI=1S/C24H24N2O3/c1-4-29-24(28)19-12-6-8-14-22(19)26-23(27)18-11-5-7-13-21(18)25-20-15-9-10-16(2)17(20)3/h5-15,25H,4H2,1-3H3,(H,26,27). The Morgan fingerprint density at radius 2 is 1.41 bits per heavy atom. The van der Waals surface area contributed by atoms with E-state index in [4.69, 9.17) is 4.74 Å². The topological polar surface area (TPSA) is 67.4 Å². The van der Waals surface area contributed by atoms with E-state index in [1.165, 1.54) is 5.56 Å². The molecule has 0 radical (unpaired) electrons. The molecular formula is C24H24N2O3. The summed E-state index contributed by atoms with van der Waals surface area (Å²) in [6.45, 7) is 6.10. The largest absolute Gasteiger partial charge is 0.462 e. The first-order chi connectivity index (χ1) is 14.0. The van der Waals surface area contributed by atoms with Gasteiger partial charge in [0.2, 0.25) is 0 Å². The molecule has 0 saturated heterocycles. The van der Waals surface area contributed by atoms with Gasteiger partial charge in [-0.1, -0.05) is 36.4 Å². The van der Waals surface area contributed by atoms with Gasteiger partial charge in [0, 0.05) is 5.69 Å². The van der Waals surface area contributed by atoms with E-state index < -0.39 is 5.97 Å². The van der Waals surface area contributed by atoms with Crippen molar-refractivity contribution in [3.8, 4) is 0 Å². The number of carbonyl (C=O) groups excluding carboxylic acids is 2. The Morgan fingerprint density at radius 1 is 0.793 bits per heavy atom. The number of anilines is 3. The first-order valence-corrected chi connectivity index (χ1v) is 9.51. The van der Waals surface area contributed by atoms with Gasteiger partial charge in [0.25, 0.3) is 5.91 Å². The Balaban J connectivity index is 1.88. The molecule has 0 aliphatic carbocycles. The summed E-state index contributed by atoms with van der Waals surface area (Å²) < 4.78 is 5.08. The van der Waals surface area contributed by atoms with E-state index in [2.05, 4.69) is 10.6 Å². The Kier molecular flexibility index (Phi) is 6.29. The molecule has 0 spiro atoms. The molecule has 5 nitrogen and oxygen atoms in total. The summed E-state index contributed by atoms with van der Waals surface area (Å²) in [7, 11) is 0. The van der Waals surface area contributed by atoms with Crippen LogP contribution in [-0.2, 0) is 4.74 Å². The molecule has 29 heavy (non-hydrogen) atoms. The number of para-hydroxylation sites is 2. The molecule has 5 heteroatoms. The van der Waals surface area contributed by atoms with Crippen LogP contribution in [0.1, 0.15) is 38.8 Å². The number of aryl methyl sites for hydroxylation is 1. The highest BCUT2D eigenvalue weighted by molar-refractivity contribution is 6.11. The second-order valence-corrected chi connectivity index (χ2v) is 6.64. The number of nitrogens with one attached hydrogen (secondary N) is 2. The van der Waals surface area contributed by atoms with Gasteiger partial charge in [-0.25, -0.2) is 4.79 Å². The lowest BCUT2D eigenvalue weighted by Crippen LogP contribution is -2.17. The average Bonchev–Trinajstić information content (AvgIpc) is 2.72. The minimum Gasteiger partial charge on any atom is -0.462 e. The van der Waals surface area contributed by atoms with Crippen LogP contribution in [-0.4, -0.2) is 18.5 Å². The number of amides is 1. The molecule has 3 aromatic carbocycles. The highest BCUT2D eigenvalue weighted by atomic mass is 16.5. The number of benzene rings is 3. The third-order valence-corrected chi connectivity index (χ3v) is 4.72. The van der Waals surface area contributed by atoms with Crippen molar-refractivity contribution in [2.75, 3.05) is 17.2 Å². The van der Waals surface area contributed by atoms with Crippen LogP contribution in [0.15, 0.2) is 66.7 Å². The summed E-state index contributed by atoms with van der Waals surface area (Å²) in [6, 6.07) is 20.1. The maximum absolute atomic E-state index is 13.0. The predicted octanol–water partition coefficient (Wildman–Crippen LogP) is 5.48. The van der Waals surface area contributed by atoms with Gasteiger partial charge >= 0.3 is 5.97 Å². The van der Waals surface area contributed by atoms with Crippen LogP contribution in [0.25, 0.3) is 0 Å². The monoisotopic (exact) mass is 388 g/mol. The third-order valence-electron chi connectivity index (χ3n) is 4.72. The van der Waals surface area contributed by atoms with Gasteiger partial charge in [0.15, 0.2) is 0 Å². The van der Waals surface area contributed by atoms with E-state index in [1.54, 1.807) is 43.3 Å². The summed E-state index contributed by atoms with van der Waals surface area (Å²) >= 11 is 0. The lowest BCUT2D eigenvalue weighted by Gasteiger charge is -2.16. The molecule has 3 rings (SSSR count). The zero-order valence-corrected chi connectivity index (χ0v) is 16.8. The normalized spacial score (nSPS) is 10.3. The van der Waals surface area contributed by atoms with Crippen molar-refractivity contribution in [2.24, 2.45) is 0 Å². The average molecular weight is 388 g/mol. The number of rotatable bonds is 6. The lowest BCUT2D eigenvalue weighted by molar-refractivity contribution is 0.0527. The SMILES string of the molecule is CCOC(=O)c1ccccc1NC(=O)c1ccccc1Nc1cccc(C)c1C. The second-order valence-electron chi connectivity index (χ2n) is 6.64. The number of hydrogen-bond donors (Lipinski definition) is 2. The van der Waals surface area contributed by atoms with E-state index in [0.29, 0.717) is 22.5 Å². The Hall–Kier alpha value is -3.60. The zero-order valence-electron chi connectivity index (χ0n) is 16.8. The van der Waals surface area contributed by atoms with E-state index in [1.807, 2.05) is 44.2 Å².